The number of amides is 1. The number of methoxy groups -OCH3 is 2. The molecule has 0 bridgehead atoms. The van der Waals surface area contributed by atoms with Crippen molar-refractivity contribution in [1.29, 1.82) is 5.26 Å². The Hall–Kier alpha value is -3.37. The van der Waals surface area contributed by atoms with E-state index in [1.165, 1.54) is 20.4 Å². The number of nitrogen functional groups attached to an aromatic ring is 1. The minimum absolute atomic E-state index is 0.127. The van der Waals surface area contributed by atoms with E-state index in [9.17, 15) is 10.1 Å². The number of hydrogen-bond acceptors (Lipinski definition) is 6. The van der Waals surface area contributed by atoms with Crippen LogP contribution in [0, 0.1) is 11.3 Å². The molecular weight excluding hydrogens is 356 g/mol. The van der Waals surface area contributed by atoms with Gasteiger partial charge in [0.15, 0.2) is 0 Å². The minimum Gasteiger partial charge on any atom is -0.495 e. The van der Waals surface area contributed by atoms with Gasteiger partial charge in [0.2, 0.25) is 0 Å². The van der Waals surface area contributed by atoms with Gasteiger partial charge in [0.25, 0.3) is 5.91 Å². The number of benzene rings is 2. The van der Waals surface area contributed by atoms with Gasteiger partial charge >= 0.3 is 0 Å². The number of halogens is 1. The van der Waals surface area contributed by atoms with Crippen molar-refractivity contribution in [2.24, 2.45) is 0 Å². The quantitative estimate of drug-likeness (QED) is 0.407. The SMILES string of the molecule is COc1cc(N/C=C(/C#N)C(=O)Nc2ccc(N)cc2)c(OC)cc1Cl. The van der Waals surface area contributed by atoms with Crippen LogP contribution in [0.5, 0.6) is 11.5 Å². The van der Waals surface area contributed by atoms with Gasteiger partial charge in [0.1, 0.15) is 23.1 Å². The lowest BCUT2D eigenvalue weighted by molar-refractivity contribution is -0.112. The maximum Gasteiger partial charge on any atom is 0.267 e. The van der Waals surface area contributed by atoms with E-state index in [4.69, 9.17) is 26.8 Å². The predicted octanol–water partition coefficient (Wildman–Crippen LogP) is 3.40. The molecule has 134 valence electrons. The van der Waals surface area contributed by atoms with Crippen molar-refractivity contribution in [2.45, 2.75) is 0 Å². The lowest BCUT2D eigenvalue weighted by Crippen LogP contribution is -2.14. The van der Waals surface area contributed by atoms with Crippen LogP contribution < -0.4 is 25.8 Å². The fourth-order valence-electron chi connectivity index (χ4n) is 2.04. The number of carbonyl (C=O) groups excluding carboxylic acids is 1. The average Bonchev–Trinajstić information content (AvgIpc) is 2.64. The molecule has 0 aliphatic rings. The van der Waals surface area contributed by atoms with E-state index in [0.717, 1.165) is 0 Å². The van der Waals surface area contributed by atoms with Crippen LogP contribution in [0.1, 0.15) is 0 Å². The van der Waals surface area contributed by atoms with Crippen molar-refractivity contribution in [1.82, 2.24) is 0 Å². The average molecular weight is 373 g/mol. The highest BCUT2D eigenvalue weighted by atomic mass is 35.5. The Morgan fingerprint density at radius 1 is 1.19 bits per heavy atom. The van der Waals surface area contributed by atoms with Crippen molar-refractivity contribution in [2.75, 3.05) is 30.6 Å². The summed E-state index contributed by atoms with van der Waals surface area (Å²) < 4.78 is 10.4. The molecular formula is C18H17ClN4O3. The van der Waals surface area contributed by atoms with Crippen molar-refractivity contribution in [3.63, 3.8) is 0 Å². The number of ether oxygens (including phenoxy) is 2. The standard InChI is InChI=1S/C18H17ClN4O3/c1-25-16-8-15(17(26-2)7-14(16)19)22-10-11(9-20)18(24)23-13-5-3-12(21)4-6-13/h3-8,10,22H,21H2,1-2H3,(H,23,24)/b11-10-. The molecule has 0 saturated heterocycles. The van der Waals surface area contributed by atoms with Crippen LogP contribution in [0.2, 0.25) is 5.02 Å². The Kier molecular flexibility index (Phi) is 6.31. The normalized spacial score (nSPS) is 10.6. The van der Waals surface area contributed by atoms with Crippen LogP contribution in [0.25, 0.3) is 0 Å². The van der Waals surface area contributed by atoms with Gasteiger partial charge in [0, 0.05) is 29.7 Å². The number of carbonyl (C=O) groups is 1. The smallest absolute Gasteiger partial charge is 0.267 e. The number of nitrogens with two attached hydrogens (primary N) is 1. The molecule has 0 aromatic heterocycles. The third-order valence-electron chi connectivity index (χ3n) is 3.38. The zero-order chi connectivity index (χ0) is 19.1. The minimum atomic E-state index is -0.565. The lowest BCUT2D eigenvalue weighted by atomic mass is 10.2. The number of nitrogens with one attached hydrogen (secondary N) is 2. The van der Waals surface area contributed by atoms with E-state index in [1.807, 2.05) is 6.07 Å². The van der Waals surface area contributed by atoms with Gasteiger partial charge in [-0.1, -0.05) is 11.6 Å². The first-order chi connectivity index (χ1) is 12.5. The largest absolute Gasteiger partial charge is 0.495 e. The molecule has 2 aromatic carbocycles. The van der Waals surface area contributed by atoms with Crippen LogP contribution >= 0.6 is 11.6 Å². The topological polar surface area (TPSA) is 109 Å². The van der Waals surface area contributed by atoms with E-state index in [-0.39, 0.29) is 5.57 Å². The summed E-state index contributed by atoms with van der Waals surface area (Å²) in [5.41, 5.74) is 7.06. The summed E-state index contributed by atoms with van der Waals surface area (Å²) in [7, 11) is 2.96. The van der Waals surface area contributed by atoms with Gasteiger partial charge < -0.3 is 25.8 Å². The molecule has 0 heterocycles. The third kappa shape index (κ3) is 4.59. The Morgan fingerprint density at radius 3 is 2.42 bits per heavy atom. The van der Waals surface area contributed by atoms with Crippen molar-refractivity contribution < 1.29 is 14.3 Å². The molecule has 0 fully saturated rings. The van der Waals surface area contributed by atoms with Crippen LogP contribution in [0.15, 0.2) is 48.2 Å². The maximum absolute atomic E-state index is 12.2. The van der Waals surface area contributed by atoms with Gasteiger partial charge in [0.05, 0.1) is 24.9 Å². The van der Waals surface area contributed by atoms with Gasteiger partial charge in [-0.15, -0.1) is 0 Å². The summed E-state index contributed by atoms with van der Waals surface area (Å²) in [6, 6.07) is 11.6. The molecule has 8 heteroatoms. The van der Waals surface area contributed by atoms with E-state index in [0.29, 0.717) is 33.6 Å². The third-order valence-corrected chi connectivity index (χ3v) is 3.67. The number of rotatable bonds is 6. The summed E-state index contributed by atoms with van der Waals surface area (Å²) >= 11 is 6.05. The molecule has 2 aromatic rings. The Morgan fingerprint density at radius 2 is 1.85 bits per heavy atom. The highest BCUT2D eigenvalue weighted by molar-refractivity contribution is 6.32. The van der Waals surface area contributed by atoms with E-state index in [1.54, 1.807) is 36.4 Å². The van der Waals surface area contributed by atoms with E-state index in [2.05, 4.69) is 10.6 Å². The molecule has 7 nitrogen and oxygen atoms in total. The summed E-state index contributed by atoms with van der Waals surface area (Å²) in [6.07, 6.45) is 1.28. The zero-order valence-electron chi connectivity index (χ0n) is 14.2. The summed E-state index contributed by atoms with van der Waals surface area (Å²) in [5, 5.41) is 15.1. The highest BCUT2D eigenvalue weighted by Gasteiger charge is 2.12. The number of nitriles is 1. The molecule has 26 heavy (non-hydrogen) atoms. The second kappa shape index (κ2) is 8.65. The second-order valence-corrected chi connectivity index (χ2v) is 5.48. The van der Waals surface area contributed by atoms with Crippen LogP contribution in [0.4, 0.5) is 17.1 Å². The first-order valence-corrected chi connectivity index (χ1v) is 7.81. The molecule has 0 aliphatic heterocycles. The molecule has 0 unspecified atom stereocenters. The van der Waals surface area contributed by atoms with Crippen LogP contribution in [-0.2, 0) is 4.79 Å². The number of nitrogens with zero attached hydrogens (tertiary/aromatic N) is 1. The van der Waals surface area contributed by atoms with Crippen molar-refractivity contribution in [3.8, 4) is 17.6 Å². The molecule has 0 saturated carbocycles. The van der Waals surface area contributed by atoms with Gasteiger partial charge in [-0.05, 0) is 24.3 Å². The van der Waals surface area contributed by atoms with E-state index >= 15 is 0 Å². The highest BCUT2D eigenvalue weighted by Crippen LogP contribution is 2.35. The molecule has 4 N–H and O–H groups in total. The predicted molar refractivity (Wildman–Crippen MR) is 101 cm³/mol. The molecule has 0 radical (unpaired) electrons. The fraction of sp³-hybridized carbons (Fsp3) is 0.111. The Bertz CT molecular complexity index is 873. The monoisotopic (exact) mass is 372 g/mol. The van der Waals surface area contributed by atoms with Crippen molar-refractivity contribution in [3.05, 3.63) is 53.2 Å². The molecule has 0 aliphatic carbocycles. The maximum atomic E-state index is 12.2. The van der Waals surface area contributed by atoms with Gasteiger partial charge in [-0.3, -0.25) is 4.79 Å². The molecule has 0 atom stereocenters. The summed E-state index contributed by atoms with van der Waals surface area (Å²) in [6.45, 7) is 0. The lowest BCUT2D eigenvalue weighted by Gasteiger charge is -2.12. The second-order valence-electron chi connectivity index (χ2n) is 5.08. The van der Waals surface area contributed by atoms with Crippen LogP contribution in [-0.4, -0.2) is 20.1 Å². The Balaban J connectivity index is 2.20. The number of anilines is 3. The summed E-state index contributed by atoms with van der Waals surface area (Å²) in [4.78, 5) is 12.2. The molecule has 2 rings (SSSR count). The zero-order valence-corrected chi connectivity index (χ0v) is 14.9. The fourth-order valence-corrected chi connectivity index (χ4v) is 2.27. The molecule has 0 spiro atoms. The van der Waals surface area contributed by atoms with Gasteiger partial charge in [-0.2, -0.15) is 5.26 Å². The first-order valence-electron chi connectivity index (χ1n) is 7.43. The van der Waals surface area contributed by atoms with Crippen molar-refractivity contribution >= 4 is 34.6 Å². The van der Waals surface area contributed by atoms with Gasteiger partial charge in [-0.25, -0.2) is 0 Å². The Labute approximate surface area is 156 Å². The van der Waals surface area contributed by atoms with Crippen LogP contribution in [0.3, 0.4) is 0 Å². The van der Waals surface area contributed by atoms with E-state index < -0.39 is 5.91 Å². The summed E-state index contributed by atoms with van der Waals surface area (Å²) in [5.74, 6) is 0.293. The molecule has 1 amide bonds. The number of hydrogen-bond donors (Lipinski definition) is 3. The first kappa shape index (κ1) is 19.0.